The summed E-state index contributed by atoms with van der Waals surface area (Å²) in [5.41, 5.74) is 6.96. The quantitative estimate of drug-likeness (QED) is 0.163. The van der Waals surface area contributed by atoms with Crippen LogP contribution >= 0.6 is 23.4 Å². The molecule has 1 heterocycles. The summed E-state index contributed by atoms with van der Waals surface area (Å²) in [7, 11) is 0. The zero-order valence-corrected chi connectivity index (χ0v) is 21.8. The molecule has 0 atom stereocenters. The van der Waals surface area contributed by atoms with Gasteiger partial charge in [0.25, 0.3) is 5.91 Å². The first-order valence-corrected chi connectivity index (χ1v) is 13.1. The van der Waals surface area contributed by atoms with Gasteiger partial charge in [0.2, 0.25) is 0 Å². The number of aromatic nitrogens is 2. The second-order valence-electron chi connectivity index (χ2n) is 8.09. The molecule has 1 amide bonds. The topological polar surface area (TPSA) is 82.8 Å². The van der Waals surface area contributed by atoms with Gasteiger partial charge < -0.3 is 14.6 Å². The Hall–Kier alpha value is -3.49. The smallest absolute Gasteiger partial charge is 0.250 e. The highest BCUT2D eigenvalue weighted by Crippen LogP contribution is 2.26. The van der Waals surface area contributed by atoms with Gasteiger partial charge in [0.1, 0.15) is 5.75 Å². The molecule has 3 aromatic carbocycles. The van der Waals surface area contributed by atoms with Crippen molar-refractivity contribution in [2.75, 3.05) is 23.7 Å². The number of fused-ring (bicyclic) bond motifs is 1. The summed E-state index contributed by atoms with van der Waals surface area (Å²) < 4.78 is 2.09. The monoisotopic (exact) mass is 521 g/mol. The van der Waals surface area contributed by atoms with Crippen molar-refractivity contribution in [1.29, 1.82) is 0 Å². The number of hydrazone groups is 1. The van der Waals surface area contributed by atoms with Gasteiger partial charge in [-0.25, -0.2) is 10.4 Å². The predicted molar refractivity (Wildman–Crippen MR) is 148 cm³/mol. The number of hydrogen-bond acceptors (Lipinski definition) is 6. The third kappa shape index (κ3) is 6.19. The first-order chi connectivity index (χ1) is 17.5. The number of para-hydroxylation sites is 2. The molecule has 9 heteroatoms. The largest absolute Gasteiger partial charge is 0.507 e. The van der Waals surface area contributed by atoms with Gasteiger partial charge in [-0.15, -0.1) is 0 Å². The Bertz CT molecular complexity index is 1370. The van der Waals surface area contributed by atoms with Crippen LogP contribution in [0, 0.1) is 0 Å². The van der Waals surface area contributed by atoms with Gasteiger partial charge in [-0.1, -0.05) is 47.6 Å². The maximum absolute atomic E-state index is 12.5. The lowest BCUT2D eigenvalue weighted by molar-refractivity contribution is -0.118. The average molecular weight is 522 g/mol. The minimum Gasteiger partial charge on any atom is -0.507 e. The number of thioether (sulfide) groups is 1. The summed E-state index contributed by atoms with van der Waals surface area (Å²) in [5.74, 6) is -0.00275. The summed E-state index contributed by atoms with van der Waals surface area (Å²) in [6.07, 6.45) is 1.44. The normalized spacial score (nSPS) is 11.3. The van der Waals surface area contributed by atoms with Crippen LogP contribution in [0.1, 0.15) is 25.0 Å². The highest BCUT2D eigenvalue weighted by Gasteiger charge is 2.13. The third-order valence-corrected chi connectivity index (χ3v) is 6.97. The number of halogens is 1. The Balaban J connectivity index is 1.40. The molecule has 0 saturated carbocycles. The van der Waals surface area contributed by atoms with E-state index in [0.29, 0.717) is 17.1 Å². The van der Waals surface area contributed by atoms with E-state index in [0.717, 1.165) is 40.5 Å². The van der Waals surface area contributed by atoms with Crippen LogP contribution in [-0.2, 0) is 11.3 Å². The average Bonchev–Trinajstić information content (AvgIpc) is 3.23. The summed E-state index contributed by atoms with van der Waals surface area (Å²) >= 11 is 7.38. The van der Waals surface area contributed by atoms with Crippen molar-refractivity contribution in [3.63, 3.8) is 0 Å². The van der Waals surface area contributed by atoms with Crippen molar-refractivity contribution in [2.45, 2.75) is 25.5 Å². The van der Waals surface area contributed by atoms with E-state index >= 15 is 0 Å². The van der Waals surface area contributed by atoms with Crippen molar-refractivity contribution < 1.29 is 9.90 Å². The minimum atomic E-state index is -0.263. The Morgan fingerprint density at radius 2 is 1.89 bits per heavy atom. The third-order valence-electron chi connectivity index (χ3n) is 5.74. The van der Waals surface area contributed by atoms with Gasteiger partial charge in [0.05, 0.1) is 29.5 Å². The van der Waals surface area contributed by atoms with E-state index in [1.165, 1.54) is 18.0 Å². The molecule has 7 nitrogen and oxygen atoms in total. The zero-order chi connectivity index (χ0) is 25.5. The molecule has 0 radical (unpaired) electrons. The number of nitrogens with zero attached hydrogens (tertiary/aromatic N) is 4. The molecule has 186 valence electrons. The van der Waals surface area contributed by atoms with Crippen LogP contribution in [0.15, 0.2) is 77.0 Å². The highest BCUT2D eigenvalue weighted by molar-refractivity contribution is 7.99. The molecule has 0 aliphatic heterocycles. The molecule has 4 rings (SSSR count). The van der Waals surface area contributed by atoms with Gasteiger partial charge in [-0.3, -0.25) is 4.79 Å². The first-order valence-electron chi connectivity index (χ1n) is 11.7. The van der Waals surface area contributed by atoms with Crippen LogP contribution in [-0.4, -0.2) is 45.6 Å². The van der Waals surface area contributed by atoms with Crippen molar-refractivity contribution in [3.05, 3.63) is 82.9 Å². The molecule has 0 bridgehead atoms. The minimum absolute atomic E-state index is 0.114. The fraction of sp³-hybridized carbons (Fsp3) is 0.222. The Morgan fingerprint density at radius 3 is 2.61 bits per heavy atom. The van der Waals surface area contributed by atoms with Crippen LogP contribution in [0.3, 0.4) is 0 Å². The van der Waals surface area contributed by atoms with E-state index in [1.807, 2.05) is 54.6 Å². The SMILES string of the molecule is CCN(CC)c1ccc(/C=N\NC(=O)CSc2nc3ccccc3n2Cc2ccc(Cl)cc2)c(O)c1. The molecule has 0 aliphatic rings. The molecule has 0 unspecified atom stereocenters. The van der Waals surface area contributed by atoms with E-state index in [2.05, 4.69) is 33.8 Å². The number of imidazole rings is 1. The van der Waals surface area contributed by atoms with Crippen LogP contribution in [0.4, 0.5) is 5.69 Å². The van der Waals surface area contributed by atoms with Crippen LogP contribution < -0.4 is 10.3 Å². The molecular weight excluding hydrogens is 494 g/mol. The molecule has 4 aromatic rings. The highest BCUT2D eigenvalue weighted by atomic mass is 35.5. The molecule has 0 fully saturated rings. The number of benzene rings is 3. The summed E-state index contributed by atoms with van der Waals surface area (Å²) in [6.45, 7) is 6.45. The number of carbonyl (C=O) groups is 1. The number of carbonyl (C=O) groups excluding carboxylic acids is 1. The number of anilines is 1. The second-order valence-corrected chi connectivity index (χ2v) is 9.47. The first kappa shape index (κ1) is 25.6. The maximum Gasteiger partial charge on any atom is 0.250 e. The number of aromatic hydroxyl groups is 1. The number of nitrogens with one attached hydrogen (secondary N) is 1. The Morgan fingerprint density at radius 1 is 1.14 bits per heavy atom. The van der Waals surface area contributed by atoms with Crippen LogP contribution in [0.25, 0.3) is 11.0 Å². The Labute approximate surface area is 219 Å². The van der Waals surface area contributed by atoms with E-state index in [-0.39, 0.29) is 17.4 Å². The Kier molecular flexibility index (Phi) is 8.51. The summed E-state index contributed by atoms with van der Waals surface area (Å²) in [4.78, 5) is 19.3. The van der Waals surface area contributed by atoms with Crippen molar-refractivity contribution in [3.8, 4) is 5.75 Å². The molecular formula is C27H28ClN5O2S. The van der Waals surface area contributed by atoms with Crippen molar-refractivity contribution in [1.82, 2.24) is 15.0 Å². The number of amides is 1. The van der Waals surface area contributed by atoms with E-state index < -0.39 is 0 Å². The summed E-state index contributed by atoms with van der Waals surface area (Å²) in [6, 6.07) is 21.0. The molecule has 0 spiro atoms. The van der Waals surface area contributed by atoms with Gasteiger partial charge in [0, 0.05) is 35.4 Å². The molecule has 2 N–H and O–H groups in total. The molecule has 0 saturated heterocycles. The number of phenols is 1. The van der Waals surface area contributed by atoms with Crippen molar-refractivity contribution >= 4 is 52.2 Å². The number of hydrogen-bond donors (Lipinski definition) is 2. The van der Waals surface area contributed by atoms with Crippen molar-refractivity contribution in [2.24, 2.45) is 5.10 Å². The van der Waals surface area contributed by atoms with Gasteiger partial charge in [0.15, 0.2) is 5.16 Å². The lowest BCUT2D eigenvalue weighted by Gasteiger charge is -2.21. The molecule has 1 aromatic heterocycles. The molecule has 36 heavy (non-hydrogen) atoms. The fourth-order valence-corrected chi connectivity index (χ4v) is 4.78. The maximum atomic E-state index is 12.5. The standard InChI is InChI=1S/C27H28ClN5O2S/c1-3-32(4-2)22-14-11-20(25(34)15-22)16-29-31-26(35)18-36-27-30-23-7-5-6-8-24(23)33(27)17-19-9-12-21(28)13-10-19/h5-16,34H,3-4,17-18H2,1-2H3,(H,31,35)/b29-16-. The fourth-order valence-electron chi connectivity index (χ4n) is 3.85. The number of rotatable bonds is 10. The zero-order valence-electron chi connectivity index (χ0n) is 20.2. The summed E-state index contributed by atoms with van der Waals surface area (Å²) in [5, 5.41) is 15.8. The van der Waals surface area contributed by atoms with E-state index in [9.17, 15) is 9.90 Å². The second kappa shape index (κ2) is 12.0. The van der Waals surface area contributed by atoms with Gasteiger partial charge >= 0.3 is 0 Å². The molecule has 0 aliphatic carbocycles. The van der Waals surface area contributed by atoms with Gasteiger partial charge in [-0.2, -0.15) is 5.10 Å². The van der Waals surface area contributed by atoms with Gasteiger partial charge in [-0.05, 0) is 55.8 Å². The van der Waals surface area contributed by atoms with E-state index in [1.54, 1.807) is 12.1 Å². The number of phenolic OH excluding ortho intramolecular Hbond substituents is 1. The van der Waals surface area contributed by atoms with Crippen LogP contribution in [0.2, 0.25) is 5.02 Å². The lowest BCUT2D eigenvalue weighted by atomic mass is 10.2. The lowest BCUT2D eigenvalue weighted by Crippen LogP contribution is -2.21. The van der Waals surface area contributed by atoms with E-state index in [4.69, 9.17) is 16.6 Å². The predicted octanol–water partition coefficient (Wildman–Crippen LogP) is 5.53. The van der Waals surface area contributed by atoms with Crippen LogP contribution in [0.5, 0.6) is 5.75 Å².